The highest BCUT2D eigenvalue weighted by Gasteiger charge is 2.04. The van der Waals surface area contributed by atoms with Crippen molar-refractivity contribution >= 4 is 11.7 Å². The maximum Gasteiger partial charge on any atom is 0.333 e. The summed E-state index contributed by atoms with van der Waals surface area (Å²) in [7, 11) is 0. The van der Waals surface area contributed by atoms with Crippen LogP contribution in [0.2, 0.25) is 0 Å². The summed E-state index contributed by atoms with van der Waals surface area (Å²) >= 11 is 0. The Morgan fingerprint density at radius 1 is 1.14 bits per heavy atom. The largest absolute Gasteiger partial charge is 0.494 e. The lowest BCUT2D eigenvalue weighted by Gasteiger charge is -2.06. The number of hydrogen-bond acceptors (Lipinski definition) is 5. The highest BCUT2D eigenvalue weighted by Crippen LogP contribution is 2.17. The van der Waals surface area contributed by atoms with Crippen LogP contribution in [-0.2, 0) is 9.53 Å². The van der Waals surface area contributed by atoms with E-state index in [1.54, 1.807) is 19.1 Å². The fraction of sp³-hybridized carbons (Fsp3) is 0.438. The summed E-state index contributed by atoms with van der Waals surface area (Å²) in [6.45, 7) is 6.10. The molecular formula is C16H21NO5. The molecule has 1 aromatic carbocycles. The maximum absolute atomic E-state index is 11.1. The van der Waals surface area contributed by atoms with Gasteiger partial charge in [-0.3, -0.25) is 10.1 Å². The molecule has 0 aliphatic heterocycles. The fourth-order valence-electron chi connectivity index (χ4n) is 1.70. The molecule has 0 amide bonds. The summed E-state index contributed by atoms with van der Waals surface area (Å²) < 4.78 is 10.5. The van der Waals surface area contributed by atoms with Gasteiger partial charge in [-0.15, -0.1) is 0 Å². The predicted octanol–water partition coefficient (Wildman–Crippen LogP) is 3.65. The number of benzene rings is 1. The van der Waals surface area contributed by atoms with E-state index in [2.05, 4.69) is 6.58 Å². The monoisotopic (exact) mass is 307 g/mol. The number of carbonyl (C=O) groups is 1. The van der Waals surface area contributed by atoms with Crippen molar-refractivity contribution < 1.29 is 19.2 Å². The Hall–Kier alpha value is -2.37. The molecular weight excluding hydrogens is 286 g/mol. The van der Waals surface area contributed by atoms with Crippen LogP contribution in [0.1, 0.15) is 32.6 Å². The van der Waals surface area contributed by atoms with E-state index in [0.29, 0.717) is 24.5 Å². The van der Waals surface area contributed by atoms with Gasteiger partial charge in [-0.25, -0.2) is 4.79 Å². The minimum absolute atomic E-state index is 0.0525. The quantitative estimate of drug-likeness (QED) is 0.217. The lowest BCUT2D eigenvalue weighted by Crippen LogP contribution is -2.06. The van der Waals surface area contributed by atoms with Crippen molar-refractivity contribution in [2.75, 3.05) is 13.2 Å². The minimum Gasteiger partial charge on any atom is -0.494 e. The van der Waals surface area contributed by atoms with E-state index in [1.165, 1.54) is 12.1 Å². The second-order valence-corrected chi connectivity index (χ2v) is 4.93. The van der Waals surface area contributed by atoms with E-state index in [0.717, 1.165) is 25.7 Å². The van der Waals surface area contributed by atoms with Crippen molar-refractivity contribution in [3.05, 3.63) is 46.5 Å². The smallest absolute Gasteiger partial charge is 0.333 e. The zero-order chi connectivity index (χ0) is 16.4. The van der Waals surface area contributed by atoms with Crippen LogP contribution in [0.3, 0.4) is 0 Å². The first kappa shape index (κ1) is 17.7. The molecule has 0 aliphatic carbocycles. The summed E-state index contributed by atoms with van der Waals surface area (Å²) in [6, 6.07) is 6.03. The molecule has 120 valence electrons. The summed E-state index contributed by atoms with van der Waals surface area (Å²) in [5.74, 6) is 0.280. The van der Waals surface area contributed by atoms with Crippen molar-refractivity contribution in [3.8, 4) is 5.75 Å². The third-order valence-electron chi connectivity index (χ3n) is 2.94. The summed E-state index contributed by atoms with van der Waals surface area (Å²) in [4.78, 5) is 21.2. The molecule has 6 heteroatoms. The molecule has 0 aromatic heterocycles. The number of non-ortho nitro benzene ring substituents is 1. The second-order valence-electron chi connectivity index (χ2n) is 4.93. The number of rotatable bonds is 10. The van der Waals surface area contributed by atoms with E-state index in [4.69, 9.17) is 9.47 Å². The van der Waals surface area contributed by atoms with Gasteiger partial charge in [0.1, 0.15) is 5.75 Å². The van der Waals surface area contributed by atoms with E-state index >= 15 is 0 Å². The van der Waals surface area contributed by atoms with Gasteiger partial charge in [-0.2, -0.15) is 0 Å². The number of unbranched alkanes of at least 4 members (excludes halogenated alkanes) is 3. The summed E-state index contributed by atoms with van der Waals surface area (Å²) in [6.07, 6.45) is 3.62. The van der Waals surface area contributed by atoms with E-state index < -0.39 is 4.92 Å². The van der Waals surface area contributed by atoms with E-state index in [1.807, 2.05) is 0 Å². The van der Waals surface area contributed by atoms with Gasteiger partial charge in [0.15, 0.2) is 0 Å². The number of nitrogens with zero attached hydrogens (tertiary/aromatic N) is 1. The van der Waals surface area contributed by atoms with Gasteiger partial charge in [0.2, 0.25) is 0 Å². The van der Waals surface area contributed by atoms with Crippen LogP contribution in [0.25, 0.3) is 0 Å². The van der Waals surface area contributed by atoms with Crippen LogP contribution >= 0.6 is 0 Å². The Kier molecular flexibility index (Phi) is 7.67. The lowest BCUT2D eigenvalue weighted by atomic mass is 10.2. The minimum atomic E-state index is -0.440. The number of ether oxygens (including phenoxy) is 2. The molecule has 0 spiro atoms. The van der Waals surface area contributed by atoms with Gasteiger partial charge in [-0.1, -0.05) is 6.58 Å². The molecule has 0 aliphatic rings. The normalized spacial score (nSPS) is 10.0. The Labute approximate surface area is 129 Å². The van der Waals surface area contributed by atoms with Gasteiger partial charge in [0.25, 0.3) is 5.69 Å². The Morgan fingerprint density at radius 2 is 1.73 bits per heavy atom. The number of hydrogen-bond donors (Lipinski definition) is 0. The molecule has 6 nitrogen and oxygen atoms in total. The van der Waals surface area contributed by atoms with E-state index in [-0.39, 0.29) is 11.7 Å². The van der Waals surface area contributed by atoms with Gasteiger partial charge >= 0.3 is 5.97 Å². The van der Waals surface area contributed by atoms with Crippen LogP contribution in [-0.4, -0.2) is 24.1 Å². The van der Waals surface area contributed by atoms with Crippen molar-refractivity contribution in [1.82, 2.24) is 0 Å². The number of carbonyl (C=O) groups excluding carboxylic acids is 1. The molecule has 0 radical (unpaired) electrons. The van der Waals surface area contributed by atoms with Crippen molar-refractivity contribution in [2.45, 2.75) is 32.6 Å². The number of esters is 1. The topological polar surface area (TPSA) is 78.7 Å². The molecule has 0 saturated heterocycles. The second kappa shape index (κ2) is 9.55. The standard InChI is InChI=1S/C16H21NO5/c1-13(2)16(18)22-12-6-4-3-5-11-21-15-9-7-14(8-10-15)17(19)20/h7-10H,1,3-6,11-12H2,2H3. The molecule has 0 unspecified atom stereocenters. The fourth-order valence-corrected chi connectivity index (χ4v) is 1.70. The Bertz CT molecular complexity index is 510. The SMILES string of the molecule is C=C(C)C(=O)OCCCCCCOc1ccc([N+](=O)[O-])cc1. The molecule has 0 fully saturated rings. The highest BCUT2D eigenvalue weighted by molar-refractivity contribution is 5.86. The molecule has 0 atom stereocenters. The van der Waals surface area contributed by atoms with E-state index in [9.17, 15) is 14.9 Å². The lowest BCUT2D eigenvalue weighted by molar-refractivity contribution is -0.384. The van der Waals surface area contributed by atoms with Crippen LogP contribution in [0.4, 0.5) is 5.69 Å². The molecule has 1 aromatic rings. The third kappa shape index (κ3) is 6.88. The number of nitro groups is 1. The van der Waals surface area contributed by atoms with Crippen molar-refractivity contribution in [2.24, 2.45) is 0 Å². The third-order valence-corrected chi connectivity index (χ3v) is 2.94. The summed E-state index contributed by atoms with van der Waals surface area (Å²) in [5.41, 5.74) is 0.466. The molecule has 0 heterocycles. The molecule has 0 N–H and O–H groups in total. The van der Waals surface area contributed by atoms with Crippen molar-refractivity contribution in [3.63, 3.8) is 0 Å². The predicted molar refractivity (Wildman–Crippen MR) is 82.8 cm³/mol. The average molecular weight is 307 g/mol. The Morgan fingerprint density at radius 3 is 2.27 bits per heavy atom. The number of nitro benzene ring substituents is 1. The molecule has 0 bridgehead atoms. The van der Waals surface area contributed by atoms with Gasteiger partial charge in [0, 0.05) is 17.7 Å². The first-order valence-electron chi connectivity index (χ1n) is 7.20. The van der Waals surface area contributed by atoms with Crippen molar-refractivity contribution in [1.29, 1.82) is 0 Å². The zero-order valence-corrected chi connectivity index (χ0v) is 12.7. The average Bonchev–Trinajstić information content (AvgIpc) is 2.50. The van der Waals surface area contributed by atoms with Crippen LogP contribution in [0.15, 0.2) is 36.4 Å². The molecule has 22 heavy (non-hydrogen) atoms. The van der Waals surface area contributed by atoms with Crippen LogP contribution in [0, 0.1) is 10.1 Å². The first-order valence-corrected chi connectivity index (χ1v) is 7.20. The first-order chi connectivity index (χ1) is 10.5. The Balaban J connectivity index is 2.05. The van der Waals surface area contributed by atoms with Crippen LogP contribution < -0.4 is 4.74 Å². The van der Waals surface area contributed by atoms with Gasteiger partial charge < -0.3 is 9.47 Å². The van der Waals surface area contributed by atoms with Gasteiger partial charge in [0.05, 0.1) is 18.1 Å². The maximum atomic E-state index is 11.1. The van der Waals surface area contributed by atoms with Gasteiger partial charge in [-0.05, 0) is 44.7 Å². The molecule has 1 rings (SSSR count). The van der Waals surface area contributed by atoms with Crippen LogP contribution in [0.5, 0.6) is 5.75 Å². The summed E-state index contributed by atoms with van der Waals surface area (Å²) in [5, 5.41) is 10.5. The zero-order valence-electron chi connectivity index (χ0n) is 12.7. The highest BCUT2D eigenvalue weighted by atomic mass is 16.6. The molecule has 0 saturated carbocycles.